The molecule has 120 valence electrons. The second kappa shape index (κ2) is 8.17. The van der Waals surface area contributed by atoms with Gasteiger partial charge < -0.3 is 16.0 Å². The van der Waals surface area contributed by atoms with Gasteiger partial charge in [0, 0.05) is 30.7 Å². The lowest BCUT2D eigenvalue weighted by Gasteiger charge is -2.32. The third-order valence-corrected chi connectivity index (χ3v) is 4.10. The Balaban J connectivity index is 0.000000510. The molecular formula is C16H31N5. The minimum absolute atomic E-state index is 0.424. The monoisotopic (exact) mass is 293 g/mol. The first kappa shape index (κ1) is 17.7. The highest BCUT2D eigenvalue weighted by molar-refractivity contribution is 5.42. The summed E-state index contributed by atoms with van der Waals surface area (Å²) in [5.41, 5.74) is 6.15. The van der Waals surface area contributed by atoms with Crippen molar-refractivity contribution in [3.8, 4) is 0 Å². The van der Waals surface area contributed by atoms with E-state index in [2.05, 4.69) is 20.2 Å². The fraction of sp³-hybridized carbons (Fsp3) is 0.750. The number of piperidine rings is 1. The van der Waals surface area contributed by atoms with Gasteiger partial charge in [-0.3, -0.25) is 0 Å². The fourth-order valence-electron chi connectivity index (χ4n) is 3.40. The van der Waals surface area contributed by atoms with Gasteiger partial charge in [0.05, 0.1) is 0 Å². The van der Waals surface area contributed by atoms with Crippen molar-refractivity contribution in [3.05, 3.63) is 12.3 Å². The maximum Gasteiger partial charge on any atom is 0.227 e. The lowest BCUT2D eigenvalue weighted by molar-refractivity contribution is 0.317. The average molecular weight is 293 g/mol. The largest absolute Gasteiger partial charge is 0.384 e. The van der Waals surface area contributed by atoms with Gasteiger partial charge in [-0.05, 0) is 32.4 Å². The van der Waals surface area contributed by atoms with Crippen LogP contribution in [0.25, 0.3) is 0 Å². The molecule has 3 rings (SSSR count). The molecule has 1 aromatic heterocycles. The molecule has 2 unspecified atom stereocenters. The molecule has 1 aliphatic carbocycles. The molecule has 1 saturated heterocycles. The number of nitrogens with zero attached hydrogens (tertiary/aromatic N) is 3. The lowest BCUT2D eigenvalue weighted by atomic mass is 9.87. The lowest BCUT2D eigenvalue weighted by Crippen LogP contribution is -2.40. The van der Waals surface area contributed by atoms with Crippen LogP contribution in [0.4, 0.5) is 11.8 Å². The summed E-state index contributed by atoms with van der Waals surface area (Å²) < 4.78 is 0. The number of nitrogens with one attached hydrogen (secondary N) is 1. The fourth-order valence-corrected chi connectivity index (χ4v) is 3.40. The number of anilines is 2. The van der Waals surface area contributed by atoms with Crippen LogP contribution in [0.5, 0.6) is 0 Å². The van der Waals surface area contributed by atoms with E-state index in [1.165, 1.54) is 19.3 Å². The molecule has 5 nitrogen and oxygen atoms in total. The van der Waals surface area contributed by atoms with Crippen LogP contribution < -0.4 is 16.0 Å². The van der Waals surface area contributed by atoms with Crippen LogP contribution in [-0.2, 0) is 0 Å². The molecule has 0 amide bonds. The third kappa shape index (κ3) is 3.84. The van der Waals surface area contributed by atoms with E-state index in [0.29, 0.717) is 17.3 Å². The third-order valence-electron chi connectivity index (χ3n) is 4.10. The Morgan fingerprint density at radius 2 is 2.10 bits per heavy atom. The molecule has 1 saturated carbocycles. The van der Waals surface area contributed by atoms with Gasteiger partial charge in [-0.15, -0.1) is 0 Å². The van der Waals surface area contributed by atoms with Crippen LogP contribution in [0.2, 0.25) is 0 Å². The van der Waals surface area contributed by atoms with Gasteiger partial charge in [0.1, 0.15) is 5.82 Å². The Morgan fingerprint density at radius 3 is 2.71 bits per heavy atom. The zero-order chi connectivity index (χ0) is 15.9. The molecule has 1 aliphatic heterocycles. The molecule has 0 radical (unpaired) electrons. The standard InChI is InChI=1S/C12H19N5.2C2H6/c1-14-7-12-4-2-9(6-12)17(8-12)11-15-5-3-10(13)16-11;2*1-2/h3,5,9,14H,2,4,6-8H2,1H3,(H2,13,15,16);2*1-2H3. The molecule has 0 spiro atoms. The molecule has 2 bridgehead atoms. The van der Waals surface area contributed by atoms with Gasteiger partial charge in [-0.2, -0.15) is 4.98 Å². The number of nitrogens with two attached hydrogens (primary N) is 1. The molecule has 2 aliphatic rings. The normalized spacial score (nSPS) is 25.8. The van der Waals surface area contributed by atoms with Gasteiger partial charge in [0.2, 0.25) is 5.95 Å². The topological polar surface area (TPSA) is 67.1 Å². The quantitative estimate of drug-likeness (QED) is 0.897. The van der Waals surface area contributed by atoms with Crippen LogP contribution in [0.3, 0.4) is 0 Å². The first-order valence-corrected chi connectivity index (χ1v) is 8.22. The maximum atomic E-state index is 5.73. The number of rotatable bonds is 3. The Hall–Kier alpha value is -1.36. The summed E-state index contributed by atoms with van der Waals surface area (Å²) in [6.45, 7) is 10.1. The van der Waals surface area contributed by atoms with Gasteiger partial charge in [-0.1, -0.05) is 27.7 Å². The van der Waals surface area contributed by atoms with Crippen LogP contribution in [0, 0.1) is 5.41 Å². The number of hydrogen-bond donors (Lipinski definition) is 2. The van der Waals surface area contributed by atoms with Crippen molar-refractivity contribution in [2.75, 3.05) is 30.8 Å². The second-order valence-corrected chi connectivity index (χ2v) is 5.34. The van der Waals surface area contributed by atoms with E-state index in [1.54, 1.807) is 12.3 Å². The van der Waals surface area contributed by atoms with E-state index in [4.69, 9.17) is 5.73 Å². The zero-order valence-corrected chi connectivity index (χ0v) is 14.2. The van der Waals surface area contributed by atoms with E-state index < -0.39 is 0 Å². The summed E-state index contributed by atoms with van der Waals surface area (Å²) in [6.07, 6.45) is 5.57. The molecule has 5 heteroatoms. The van der Waals surface area contributed by atoms with E-state index >= 15 is 0 Å². The Bertz CT molecular complexity index is 423. The van der Waals surface area contributed by atoms with Gasteiger partial charge in [0.25, 0.3) is 0 Å². The minimum atomic E-state index is 0.424. The first-order chi connectivity index (χ1) is 10.2. The Morgan fingerprint density at radius 1 is 1.38 bits per heavy atom. The SMILES string of the molecule is CC.CC.CNCC12CCC(C1)N(c1nccc(N)n1)C2. The summed E-state index contributed by atoms with van der Waals surface area (Å²) in [4.78, 5) is 11.0. The number of aromatic nitrogens is 2. The smallest absolute Gasteiger partial charge is 0.227 e. The highest BCUT2D eigenvalue weighted by atomic mass is 15.3. The van der Waals surface area contributed by atoms with Crippen LogP contribution >= 0.6 is 0 Å². The molecule has 0 aromatic carbocycles. The van der Waals surface area contributed by atoms with E-state index in [-0.39, 0.29) is 0 Å². The predicted molar refractivity (Wildman–Crippen MR) is 90.5 cm³/mol. The van der Waals surface area contributed by atoms with Crippen molar-refractivity contribution in [2.24, 2.45) is 5.41 Å². The molecule has 2 heterocycles. The van der Waals surface area contributed by atoms with Crippen LogP contribution in [0.15, 0.2) is 12.3 Å². The maximum absolute atomic E-state index is 5.73. The molecule has 1 aromatic rings. The molecule has 21 heavy (non-hydrogen) atoms. The molecule has 2 fully saturated rings. The average Bonchev–Trinajstić information content (AvgIpc) is 3.10. The van der Waals surface area contributed by atoms with Crippen molar-refractivity contribution in [1.82, 2.24) is 15.3 Å². The summed E-state index contributed by atoms with van der Waals surface area (Å²) in [5.74, 6) is 1.35. The number of fused-ring (bicyclic) bond motifs is 2. The van der Waals surface area contributed by atoms with Gasteiger partial charge in [-0.25, -0.2) is 4.98 Å². The number of nitrogen functional groups attached to an aromatic ring is 1. The zero-order valence-electron chi connectivity index (χ0n) is 14.2. The van der Waals surface area contributed by atoms with Gasteiger partial charge in [0.15, 0.2) is 0 Å². The van der Waals surface area contributed by atoms with Crippen molar-refractivity contribution in [1.29, 1.82) is 0 Å². The van der Waals surface area contributed by atoms with Crippen molar-refractivity contribution < 1.29 is 0 Å². The van der Waals surface area contributed by atoms with E-state index in [9.17, 15) is 0 Å². The van der Waals surface area contributed by atoms with Crippen molar-refractivity contribution >= 4 is 11.8 Å². The summed E-state index contributed by atoms with van der Waals surface area (Å²) in [5, 5.41) is 3.32. The van der Waals surface area contributed by atoms with E-state index in [1.807, 2.05) is 34.7 Å². The highest BCUT2D eigenvalue weighted by Gasteiger charge is 2.49. The minimum Gasteiger partial charge on any atom is -0.384 e. The number of hydrogen-bond acceptors (Lipinski definition) is 5. The summed E-state index contributed by atoms with van der Waals surface area (Å²) >= 11 is 0. The second-order valence-electron chi connectivity index (χ2n) is 5.34. The van der Waals surface area contributed by atoms with Crippen LogP contribution in [0.1, 0.15) is 47.0 Å². The summed E-state index contributed by atoms with van der Waals surface area (Å²) in [6, 6.07) is 2.34. The molecular weight excluding hydrogens is 262 g/mol. The molecule has 2 atom stereocenters. The Kier molecular flexibility index (Phi) is 6.89. The highest BCUT2D eigenvalue weighted by Crippen LogP contribution is 2.48. The van der Waals surface area contributed by atoms with Crippen LogP contribution in [-0.4, -0.2) is 36.1 Å². The first-order valence-electron chi connectivity index (χ1n) is 8.22. The van der Waals surface area contributed by atoms with E-state index in [0.717, 1.165) is 19.0 Å². The predicted octanol–water partition coefficient (Wildman–Crippen LogP) is 2.69. The summed E-state index contributed by atoms with van der Waals surface area (Å²) in [7, 11) is 2.03. The Labute approximate surface area is 129 Å². The molecule has 3 N–H and O–H groups in total. The van der Waals surface area contributed by atoms with Crippen molar-refractivity contribution in [3.63, 3.8) is 0 Å². The van der Waals surface area contributed by atoms with Crippen molar-refractivity contribution in [2.45, 2.75) is 53.0 Å². The van der Waals surface area contributed by atoms with Gasteiger partial charge >= 0.3 is 0 Å².